The Bertz CT molecular complexity index is 612. The summed E-state index contributed by atoms with van der Waals surface area (Å²) in [4.78, 5) is 10.8. The van der Waals surface area contributed by atoms with E-state index in [1.54, 1.807) is 6.92 Å². The van der Waals surface area contributed by atoms with Crippen LogP contribution in [0, 0.1) is 11.3 Å². The third-order valence-corrected chi connectivity index (χ3v) is 4.60. The van der Waals surface area contributed by atoms with Crippen molar-refractivity contribution in [2.75, 3.05) is 13.1 Å². The molecule has 0 bridgehead atoms. The van der Waals surface area contributed by atoms with Crippen molar-refractivity contribution in [3.63, 3.8) is 0 Å². The third-order valence-electron chi connectivity index (χ3n) is 2.66. The summed E-state index contributed by atoms with van der Waals surface area (Å²) in [7, 11) is -2.29. The number of aromatic nitrogens is 1. The maximum Gasteiger partial charge on any atom is 0.352 e. The van der Waals surface area contributed by atoms with E-state index in [4.69, 9.17) is 10.4 Å². The zero-order chi connectivity index (χ0) is 14.6. The highest BCUT2D eigenvalue weighted by Crippen LogP contribution is 2.18. The number of rotatable bonds is 6. The predicted octanol–water partition coefficient (Wildman–Crippen LogP) is 0.648. The molecule has 1 aromatic heterocycles. The van der Waals surface area contributed by atoms with Gasteiger partial charge in [-0.25, -0.2) is 13.2 Å². The number of carboxylic acids is 1. The van der Waals surface area contributed by atoms with E-state index in [0.29, 0.717) is 0 Å². The van der Waals surface area contributed by atoms with Gasteiger partial charge in [0.15, 0.2) is 0 Å². The average molecular weight is 285 g/mol. The van der Waals surface area contributed by atoms with Gasteiger partial charge in [0, 0.05) is 32.8 Å². The van der Waals surface area contributed by atoms with E-state index < -0.39 is 16.0 Å². The maximum absolute atomic E-state index is 12.3. The Morgan fingerprint density at radius 1 is 1.58 bits per heavy atom. The van der Waals surface area contributed by atoms with Crippen molar-refractivity contribution in [2.45, 2.75) is 18.2 Å². The number of nitriles is 1. The Balaban J connectivity index is 3.16. The number of hydrogen-bond donors (Lipinski definition) is 1. The summed E-state index contributed by atoms with van der Waals surface area (Å²) in [6.07, 6.45) is 1.35. The van der Waals surface area contributed by atoms with Crippen LogP contribution in [-0.2, 0) is 17.1 Å². The van der Waals surface area contributed by atoms with Gasteiger partial charge >= 0.3 is 5.97 Å². The molecule has 104 valence electrons. The molecule has 8 heteroatoms. The smallest absolute Gasteiger partial charge is 0.352 e. The second-order valence-electron chi connectivity index (χ2n) is 3.88. The number of nitrogens with zero attached hydrogens (tertiary/aromatic N) is 3. The Hall–Kier alpha value is -1.85. The first-order valence-corrected chi connectivity index (χ1v) is 7.05. The minimum atomic E-state index is -3.76. The third kappa shape index (κ3) is 3.13. The molecule has 1 rings (SSSR count). The van der Waals surface area contributed by atoms with Gasteiger partial charge in [0.25, 0.3) is 0 Å². The summed E-state index contributed by atoms with van der Waals surface area (Å²) in [5.74, 6) is -1.19. The minimum absolute atomic E-state index is 0.0767. The number of carbonyl (C=O) groups is 1. The first-order chi connectivity index (χ1) is 8.84. The Morgan fingerprint density at radius 3 is 2.63 bits per heavy atom. The first-order valence-electron chi connectivity index (χ1n) is 5.61. The van der Waals surface area contributed by atoms with E-state index in [-0.39, 0.29) is 30.1 Å². The molecule has 0 unspecified atom stereocenters. The number of aromatic carboxylic acids is 1. The molecule has 7 nitrogen and oxygen atoms in total. The van der Waals surface area contributed by atoms with Gasteiger partial charge in [-0.1, -0.05) is 6.92 Å². The van der Waals surface area contributed by atoms with Crippen LogP contribution in [0.4, 0.5) is 0 Å². The summed E-state index contributed by atoms with van der Waals surface area (Å²) >= 11 is 0. The normalized spacial score (nSPS) is 11.5. The number of sulfonamides is 1. The van der Waals surface area contributed by atoms with Gasteiger partial charge in [0.05, 0.1) is 6.07 Å². The molecule has 1 N–H and O–H groups in total. The molecule has 1 heterocycles. The van der Waals surface area contributed by atoms with Crippen molar-refractivity contribution in [1.82, 2.24) is 8.87 Å². The molecule has 0 aromatic carbocycles. The molecular weight excluding hydrogens is 270 g/mol. The average Bonchev–Trinajstić information content (AvgIpc) is 2.73. The van der Waals surface area contributed by atoms with E-state index >= 15 is 0 Å². The molecule has 0 amide bonds. The lowest BCUT2D eigenvalue weighted by molar-refractivity contribution is 0.0686. The molecule has 0 spiro atoms. The maximum atomic E-state index is 12.3. The van der Waals surface area contributed by atoms with E-state index in [1.807, 2.05) is 6.07 Å². The molecule has 0 aliphatic carbocycles. The lowest BCUT2D eigenvalue weighted by atomic mass is 10.4. The van der Waals surface area contributed by atoms with Gasteiger partial charge in [-0.3, -0.25) is 0 Å². The first kappa shape index (κ1) is 15.2. The van der Waals surface area contributed by atoms with Crippen molar-refractivity contribution in [3.8, 4) is 6.07 Å². The quantitative estimate of drug-likeness (QED) is 0.826. The van der Waals surface area contributed by atoms with Crippen LogP contribution in [-0.4, -0.2) is 41.5 Å². The molecule has 0 fully saturated rings. The van der Waals surface area contributed by atoms with Crippen molar-refractivity contribution < 1.29 is 18.3 Å². The predicted molar refractivity (Wildman–Crippen MR) is 67.0 cm³/mol. The lowest BCUT2D eigenvalue weighted by Crippen LogP contribution is -2.31. The largest absolute Gasteiger partial charge is 0.477 e. The SMILES string of the molecule is CCN(CCC#N)S(=O)(=O)c1cc(C(=O)O)n(C)c1. The van der Waals surface area contributed by atoms with E-state index in [2.05, 4.69) is 0 Å². The van der Waals surface area contributed by atoms with Gasteiger partial charge in [0.2, 0.25) is 10.0 Å². The molecule has 0 radical (unpaired) electrons. The fourth-order valence-corrected chi connectivity index (χ4v) is 3.18. The van der Waals surface area contributed by atoms with Gasteiger partial charge in [-0.05, 0) is 6.07 Å². The zero-order valence-corrected chi connectivity index (χ0v) is 11.5. The van der Waals surface area contributed by atoms with Crippen LogP contribution >= 0.6 is 0 Å². The summed E-state index contributed by atoms with van der Waals surface area (Å²) in [5.41, 5.74) is -0.102. The van der Waals surface area contributed by atoms with Crippen LogP contribution in [0.1, 0.15) is 23.8 Å². The van der Waals surface area contributed by atoms with Crippen LogP contribution in [0.25, 0.3) is 0 Å². The van der Waals surface area contributed by atoms with Crippen molar-refractivity contribution in [1.29, 1.82) is 5.26 Å². The van der Waals surface area contributed by atoms with Crippen molar-refractivity contribution in [2.24, 2.45) is 7.05 Å². The lowest BCUT2D eigenvalue weighted by Gasteiger charge is -2.18. The molecule has 0 aliphatic heterocycles. The monoisotopic (exact) mass is 285 g/mol. The van der Waals surface area contributed by atoms with Gasteiger partial charge < -0.3 is 9.67 Å². The van der Waals surface area contributed by atoms with Gasteiger partial charge in [-0.15, -0.1) is 0 Å². The van der Waals surface area contributed by atoms with E-state index in [1.165, 1.54) is 17.8 Å². The summed E-state index contributed by atoms with van der Waals surface area (Å²) in [6.45, 7) is 1.98. The van der Waals surface area contributed by atoms with Crippen molar-refractivity contribution in [3.05, 3.63) is 18.0 Å². The Morgan fingerprint density at radius 2 is 2.21 bits per heavy atom. The van der Waals surface area contributed by atoms with Gasteiger partial charge in [-0.2, -0.15) is 9.57 Å². The molecule has 0 saturated heterocycles. The molecule has 19 heavy (non-hydrogen) atoms. The van der Waals surface area contributed by atoms with Crippen LogP contribution in [0.2, 0.25) is 0 Å². The Kier molecular flexibility index (Phi) is 4.69. The fourth-order valence-electron chi connectivity index (χ4n) is 1.66. The molecule has 0 atom stereocenters. The number of hydrogen-bond acceptors (Lipinski definition) is 4. The second kappa shape index (κ2) is 5.86. The summed E-state index contributed by atoms with van der Waals surface area (Å²) < 4.78 is 26.9. The molecule has 1 aromatic rings. The Labute approximate surface area is 111 Å². The topological polar surface area (TPSA) is 103 Å². The van der Waals surface area contributed by atoms with Crippen LogP contribution in [0.5, 0.6) is 0 Å². The van der Waals surface area contributed by atoms with Gasteiger partial charge in [0.1, 0.15) is 10.6 Å². The van der Waals surface area contributed by atoms with Crippen LogP contribution < -0.4 is 0 Å². The highest BCUT2D eigenvalue weighted by molar-refractivity contribution is 7.89. The highest BCUT2D eigenvalue weighted by atomic mass is 32.2. The molecule has 0 aliphatic rings. The minimum Gasteiger partial charge on any atom is -0.477 e. The van der Waals surface area contributed by atoms with Crippen molar-refractivity contribution >= 4 is 16.0 Å². The molecular formula is C11H15N3O4S. The second-order valence-corrected chi connectivity index (χ2v) is 5.82. The highest BCUT2D eigenvalue weighted by Gasteiger charge is 2.25. The van der Waals surface area contributed by atoms with Crippen LogP contribution in [0.3, 0.4) is 0 Å². The number of carboxylic acid groups (broad SMARTS) is 1. The molecule has 0 saturated carbocycles. The number of aryl methyl sites for hydroxylation is 1. The standard InChI is InChI=1S/C11H15N3O4S/c1-3-14(6-4-5-12)19(17,18)9-7-10(11(15)16)13(2)8-9/h7-8H,3-4,6H2,1-2H3,(H,15,16). The summed E-state index contributed by atoms with van der Waals surface area (Å²) in [5, 5.41) is 17.4. The van der Waals surface area contributed by atoms with Crippen LogP contribution in [0.15, 0.2) is 17.2 Å². The summed E-state index contributed by atoms with van der Waals surface area (Å²) in [6, 6.07) is 3.00. The zero-order valence-electron chi connectivity index (χ0n) is 10.7. The van der Waals surface area contributed by atoms with E-state index in [0.717, 1.165) is 10.4 Å². The fraction of sp³-hybridized carbons (Fsp3) is 0.455. The van der Waals surface area contributed by atoms with E-state index in [9.17, 15) is 13.2 Å².